The molecule has 1 aromatic heterocycles. The molecule has 103 heavy (non-hydrogen) atoms. The fourth-order valence-corrected chi connectivity index (χ4v) is 10.3. The molecule has 32 heteroatoms. The van der Waals surface area contributed by atoms with Gasteiger partial charge >= 0.3 is 17.9 Å². The van der Waals surface area contributed by atoms with Gasteiger partial charge in [-0.2, -0.15) is 0 Å². The van der Waals surface area contributed by atoms with E-state index in [1.54, 1.807) is 59.9 Å². The predicted molar refractivity (Wildman–Crippen MR) is 368 cm³/mol. The zero-order chi connectivity index (χ0) is 75.7. The molecule has 0 radical (unpaired) electrons. The van der Waals surface area contributed by atoms with E-state index in [0.717, 1.165) is 43.0 Å². The minimum absolute atomic E-state index is 0.00938. The van der Waals surface area contributed by atoms with Crippen LogP contribution in [0.3, 0.4) is 0 Å². The van der Waals surface area contributed by atoms with Gasteiger partial charge in [-0.3, -0.25) is 57.5 Å². The molecule has 0 aliphatic heterocycles. The number of aliphatic hydroxyl groups excluding tert-OH is 2. The number of carbonyl (C=O) groups is 13. The molecule has 0 bridgehead atoms. The first kappa shape index (κ1) is 80.2. The third-order valence-electron chi connectivity index (χ3n) is 16.2. The van der Waals surface area contributed by atoms with Crippen LogP contribution < -0.4 is 58.9 Å². The van der Waals surface area contributed by atoms with Gasteiger partial charge in [-0.25, -0.2) is 14.2 Å². The summed E-state index contributed by atoms with van der Waals surface area (Å²) in [7, 11) is 0. The molecule has 31 nitrogen and oxygen atoms in total. The number of aliphatic carboxylic acids is 3. The molecule has 0 spiro atoms. The Bertz CT molecular complexity index is 3950. The lowest BCUT2D eigenvalue weighted by Gasteiger charge is -2.32. The number of alkyl halides is 1. The number of nitrogens with one attached hydrogen (secondary N) is 11. The van der Waals surface area contributed by atoms with Crippen LogP contribution in [0.4, 0.5) is 4.39 Å². The highest BCUT2D eigenvalue weighted by Crippen LogP contribution is 2.23. The molecule has 1 heterocycles. The van der Waals surface area contributed by atoms with Crippen molar-refractivity contribution < 1.29 is 92.3 Å². The lowest BCUT2D eigenvalue weighted by Crippen LogP contribution is -2.67. The standard InChI is InChI=1S/C71H84FN13O18/c1-39(60(93)78-54(35-58(91)92)64(97)79-52(32-43-21-25-47(26-22-43)45-17-11-7-12-18-45)63(96)81-55(67(100)101)33-44-23-27-48(28-24-44)46-19-13-8-14-20-46)77-69(103)71(72,41(3)87)85-65(98)53(31-42-15-9-6-10-16-42)80-66(99)59(40(2)86)83-56(88)37-75-62(95)51(29-30-57(89)90)82-68(102)70(4,5)84-61(94)50(73)34-49-36-74-38-76-49/h6-28,36,38-41,50-55,59,86-87H,29-35,37,73H2,1-5H3,(H,74,76)(H,75,95)(H,77,103)(H,78,93)(H,79,97)(H,80,99)(H,81,96)(H,82,102)(H,83,88)(H,84,94)(H,85,98)(H,89,90)(H,91,92)(H,100,101)/t39-,40+,41+,50-,51-,52-,53-,54-,55-,59-,71-/m0/s1. The van der Waals surface area contributed by atoms with Crippen LogP contribution in [0, 0.1) is 0 Å². The van der Waals surface area contributed by atoms with Gasteiger partial charge in [0.05, 0.1) is 37.1 Å². The molecule has 0 saturated heterocycles. The summed E-state index contributed by atoms with van der Waals surface area (Å²) in [4.78, 5) is 181. The largest absolute Gasteiger partial charge is 0.481 e. The number of aromatic nitrogens is 2. The number of rotatable bonds is 38. The Morgan fingerprint density at radius 1 is 0.495 bits per heavy atom. The van der Waals surface area contributed by atoms with Gasteiger partial charge < -0.3 is 89.4 Å². The van der Waals surface area contributed by atoms with E-state index < -0.39 is 181 Å². The normalized spacial score (nSPS) is 14.7. The molecular weight excluding hydrogens is 1340 g/mol. The van der Waals surface area contributed by atoms with E-state index in [-0.39, 0.29) is 19.3 Å². The van der Waals surface area contributed by atoms with Crippen molar-refractivity contribution in [3.63, 3.8) is 0 Å². The molecule has 0 unspecified atom stereocenters. The number of halogens is 1. The number of nitrogens with zero attached hydrogens (tertiary/aromatic N) is 1. The lowest BCUT2D eigenvalue weighted by atomic mass is 9.98. The number of nitrogens with two attached hydrogens (primary N) is 1. The molecule has 0 fully saturated rings. The zero-order valence-corrected chi connectivity index (χ0v) is 56.8. The van der Waals surface area contributed by atoms with Crippen LogP contribution in [-0.2, 0) is 88.0 Å². The number of carboxylic acids is 3. The van der Waals surface area contributed by atoms with Gasteiger partial charge in [0.2, 0.25) is 53.2 Å². The summed E-state index contributed by atoms with van der Waals surface area (Å²) < 4.78 is 17.2. The first-order chi connectivity index (χ1) is 48.7. The maximum atomic E-state index is 17.2. The van der Waals surface area contributed by atoms with Gasteiger partial charge in [0, 0.05) is 38.3 Å². The Morgan fingerprint density at radius 3 is 1.47 bits per heavy atom. The van der Waals surface area contributed by atoms with Crippen LogP contribution in [0.1, 0.15) is 76.3 Å². The van der Waals surface area contributed by atoms with E-state index in [1.807, 2.05) is 66.0 Å². The quantitative estimate of drug-likeness (QED) is 0.0222. The number of hydrogen-bond acceptors (Lipinski definition) is 17. The second-order valence-corrected chi connectivity index (χ2v) is 24.9. The molecular formula is C71H84FN13O18. The Balaban J connectivity index is 1.13. The van der Waals surface area contributed by atoms with E-state index in [1.165, 1.54) is 50.6 Å². The van der Waals surface area contributed by atoms with Crippen LogP contribution in [0.2, 0.25) is 0 Å². The van der Waals surface area contributed by atoms with E-state index >= 15 is 4.39 Å². The average molecular weight is 1430 g/mol. The zero-order valence-electron chi connectivity index (χ0n) is 56.8. The number of hydrogen-bond donors (Lipinski definition) is 17. The summed E-state index contributed by atoms with van der Waals surface area (Å²) >= 11 is 0. The Hall–Kier alpha value is -11.8. The first-order valence-electron chi connectivity index (χ1n) is 32.5. The third-order valence-corrected chi connectivity index (χ3v) is 16.2. The molecule has 6 rings (SSSR count). The Morgan fingerprint density at radius 2 is 0.971 bits per heavy atom. The number of aromatic amines is 1. The third kappa shape index (κ3) is 24.5. The summed E-state index contributed by atoms with van der Waals surface area (Å²) in [6.07, 6.45) is -4.71. The topological polar surface area (TPSA) is 498 Å². The van der Waals surface area contributed by atoms with E-state index in [9.17, 15) is 87.9 Å². The van der Waals surface area contributed by atoms with Crippen molar-refractivity contribution in [2.75, 3.05) is 6.54 Å². The summed E-state index contributed by atoms with van der Waals surface area (Å²) in [6.45, 7) is 4.33. The molecule has 5 aromatic carbocycles. The number of imidazole rings is 1. The lowest BCUT2D eigenvalue weighted by molar-refractivity contribution is -0.152. The predicted octanol–water partition coefficient (Wildman–Crippen LogP) is -0.266. The van der Waals surface area contributed by atoms with E-state index in [0.29, 0.717) is 22.4 Å². The fourth-order valence-electron chi connectivity index (χ4n) is 10.3. The van der Waals surface area contributed by atoms with Crippen molar-refractivity contribution in [2.24, 2.45) is 5.73 Å². The number of carboxylic acid groups (broad SMARTS) is 3. The number of carbonyl (C=O) groups excluding carboxylic acids is 10. The molecule has 18 N–H and O–H groups in total. The van der Waals surface area contributed by atoms with Crippen LogP contribution in [0.5, 0.6) is 0 Å². The molecule has 0 saturated carbocycles. The van der Waals surface area contributed by atoms with Crippen LogP contribution in [-0.4, -0.2) is 191 Å². The summed E-state index contributed by atoms with van der Waals surface area (Å²) in [6, 6.07) is 26.1. The number of amides is 10. The van der Waals surface area contributed by atoms with Crippen molar-refractivity contribution in [3.05, 3.63) is 174 Å². The number of H-pyrrole nitrogens is 1. The van der Waals surface area contributed by atoms with Crippen LogP contribution >= 0.6 is 0 Å². The molecule has 10 amide bonds. The minimum Gasteiger partial charge on any atom is -0.481 e. The van der Waals surface area contributed by atoms with Gasteiger partial charge in [0.15, 0.2) is 0 Å². The van der Waals surface area contributed by atoms with Crippen LogP contribution in [0.15, 0.2) is 152 Å². The second-order valence-electron chi connectivity index (χ2n) is 24.9. The van der Waals surface area contributed by atoms with Crippen molar-refractivity contribution in [3.8, 4) is 22.3 Å². The maximum absolute atomic E-state index is 17.2. The summed E-state index contributed by atoms with van der Waals surface area (Å²) in [5.41, 5.74) is 9.37. The highest BCUT2D eigenvalue weighted by atomic mass is 19.1. The molecule has 548 valence electrons. The summed E-state index contributed by atoms with van der Waals surface area (Å²) in [5.74, 6) is -20.7. The monoisotopic (exact) mass is 1430 g/mol. The smallest absolute Gasteiger partial charge is 0.326 e. The van der Waals surface area contributed by atoms with Gasteiger partial charge in [-0.05, 0) is 80.0 Å². The maximum Gasteiger partial charge on any atom is 0.326 e. The fraction of sp³-hybridized carbons (Fsp3) is 0.352. The Labute approximate surface area is 590 Å². The van der Waals surface area contributed by atoms with Crippen LogP contribution in [0.25, 0.3) is 22.3 Å². The SMILES string of the molecule is C[C@H](NC(=O)[C@@](F)(NC(=O)[C@H](Cc1ccccc1)NC(=O)[C@@H](NC(=O)CNC(=O)[C@H](CCC(=O)O)NC(=O)C(C)(C)NC(=O)[C@@H](N)Cc1c[nH]cn1)[C@@H](C)O)[C@@H](C)O)C(=O)N[C@@H](CC(=O)O)C(=O)N[C@@H](Cc1ccc(-c2ccccc2)cc1)C(=O)N[C@@H](Cc1ccc(-c2ccccc2)cc1)C(=O)O. The number of aliphatic hydroxyl groups is 2. The van der Waals surface area contributed by atoms with Crippen molar-refractivity contribution in [2.45, 2.75) is 151 Å². The van der Waals surface area contributed by atoms with E-state index in [4.69, 9.17) is 5.73 Å². The highest BCUT2D eigenvalue weighted by Gasteiger charge is 2.48. The second kappa shape index (κ2) is 37.6. The molecule has 11 atom stereocenters. The minimum atomic E-state index is -3.88. The van der Waals surface area contributed by atoms with E-state index in [2.05, 4.69) is 52.5 Å². The average Bonchev–Trinajstić information content (AvgIpc) is 0.993. The van der Waals surface area contributed by atoms with Crippen molar-refractivity contribution in [1.29, 1.82) is 0 Å². The van der Waals surface area contributed by atoms with Crippen molar-refractivity contribution in [1.82, 2.24) is 63.1 Å². The Kier molecular flexibility index (Phi) is 29.3. The van der Waals surface area contributed by atoms with Crippen molar-refractivity contribution >= 4 is 77.0 Å². The molecule has 6 aromatic rings. The van der Waals surface area contributed by atoms with Gasteiger partial charge in [-0.1, -0.05) is 140 Å². The summed E-state index contributed by atoms with van der Waals surface area (Å²) in [5, 5.41) is 73.5. The number of benzene rings is 5. The van der Waals surface area contributed by atoms with Gasteiger partial charge in [0.25, 0.3) is 11.7 Å². The first-order valence-corrected chi connectivity index (χ1v) is 32.5. The molecule has 0 aliphatic rings. The van der Waals surface area contributed by atoms with Gasteiger partial charge in [0.1, 0.15) is 53.9 Å². The molecule has 0 aliphatic carbocycles. The van der Waals surface area contributed by atoms with Gasteiger partial charge in [-0.15, -0.1) is 0 Å². The highest BCUT2D eigenvalue weighted by molar-refractivity contribution is 6.00.